The maximum absolute atomic E-state index is 11.8. The number of amides is 1. The zero-order valence-electron chi connectivity index (χ0n) is 10.3. The van der Waals surface area contributed by atoms with Gasteiger partial charge in [-0.15, -0.1) is 0 Å². The molecule has 1 aromatic rings. The number of hydrogen-bond acceptors (Lipinski definition) is 3. The van der Waals surface area contributed by atoms with Gasteiger partial charge in [0.25, 0.3) is 5.91 Å². The van der Waals surface area contributed by atoms with Crippen molar-refractivity contribution in [1.82, 2.24) is 20.4 Å². The number of rotatable bonds is 4. The van der Waals surface area contributed by atoms with Gasteiger partial charge in [-0.2, -0.15) is 5.10 Å². The number of aromatic amines is 1. The Kier molecular flexibility index (Phi) is 4.14. The highest BCUT2D eigenvalue weighted by Crippen LogP contribution is 2.08. The van der Waals surface area contributed by atoms with Gasteiger partial charge >= 0.3 is 0 Å². The molecule has 1 atom stereocenters. The van der Waals surface area contributed by atoms with Gasteiger partial charge in [-0.05, 0) is 38.9 Å². The van der Waals surface area contributed by atoms with Crippen molar-refractivity contribution in [2.24, 2.45) is 0 Å². The molecule has 0 spiro atoms. The van der Waals surface area contributed by atoms with E-state index >= 15 is 0 Å². The lowest BCUT2D eigenvalue weighted by molar-refractivity contribution is 0.0920. The van der Waals surface area contributed by atoms with Crippen LogP contribution in [-0.4, -0.2) is 46.7 Å². The summed E-state index contributed by atoms with van der Waals surface area (Å²) in [5.74, 6) is -0.0768. The normalized spacial score (nSPS) is 18.9. The zero-order chi connectivity index (χ0) is 12.1. The molecular formula is C12H20N4O. The Hall–Kier alpha value is -1.36. The van der Waals surface area contributed by atoms with E-state index in [1.54, 1.807) is 12.3 Å². The molecule has 1 aromatic heterocycles. The van der Waals surface area contributed by atoms with Gasteiger partial charge in [-0.1, -0.05) is 6.42 Å². The molecule has 1 aliphatic heterocycles. The number of H-pyrrole nitrogens is 1. The Morgan fingerprint density at radius 1 is 1.53 bits per heavy atom. The first kappa shape index (κ1) is 12.1. The molecule has 2 N–H and O–H groups in total. The summed E-state index contributed by atoms with van der Waals surface area (Å²) >= 11 is 0. The van der Waals surface area contributed by atoms with Crippen LogP contribution in [0.3, 0.4) is 0 Å². The fourth-order valence-corrected chi connectivity index (χ4v) is 2.26. The first-order valence-corrected chi connectivity index (χ1v) is 6.28. The summed E-state index contributed by atoms with van der Waals surface area (Å²) in [5, 5.41) is 9.42. The number of aromatic nitrogens is 2. The Morgan fingerprint density at radius 3 is 2.94 bits per heavy atom. The van der Waals surface area contributed by atoms with E-state index in [1.165, 1.54) is 19.3 Å². The van der Waals surface area contributed by atoms with E-state index in [9.17, 15) is 4.79 Å². The zero-order valence-corrected chi connectivity index (χ0v) is 10.3. The van der Waals surface area contributed by atoms with Crippen LogP contribution in [-0.2, 0) is 0 Å². The van der Waals surface area contributed by atoms with Gasteiger partial charge in [0.05, 0.1) is 0 Å². The molecule has 0 aliphatic carbocycles. The second kappa shape index (κ2) is 5.82. The molecule has 1 amide bonds. The van der Waals surface area contributed by atoms with Crippen molar-refractivity contribution in [2.75, 3.05) is 19.6 Å². The molecule has 17 heavy (non-hydrogen) atoms. The van der Waals surface area contributed by atoms with Crippen LogP contribution in [0.25, 0.3) is 0 Å². The van der Waals surface area contributed by atoms with Crippen LogP contribution in [0.1, 0.15) is 36.7 Å². The van der Waals surface area contributed by atoms with Crippen molar-refractivity contribution in [1.29, 1.82) is 0 Å². The van der Waals surface area contributed by atoms with Crippen LogP contribution in [0.15, 0.2) is 12.3 Å². The Balaban J connectivity index is 1.76. The summed E-state index contributed by atoms with van der Waals surface area (Å²) < 4.78 is 0. The van der Waals surface area contributed by atoms with Crippen molar-refractivity contribution in [3.63, 3.8) is 0 Å². The fourth-order valence-electron chi connectivity index (χ4n) is 2.26. The molecule has 0 bridgehead atoms. The van der Waals surface area contributed by atoms with Gasteiger partial charge in [-0.25, -0.2) is 0 Å². The van der Waals surface area contributed by atoms with Gasteiger partial charge in [-0.3, -0.25) is 9.89 Å². The molecular weight excluding hydrogens is 216 g/mol. The fraction of sp³-hybridized carbons (Fsp3) is 0.667. The first-order valence-electron chi connectivity index (χ1n) is 6.28. The number of carbonyl (C=O) groups is 1. The highest BCUT2D eigenvalue weighted by molar-refractivity contribution is 5.92. The minimum Gasteiger partial charge on any atom is -0.347 e. The maximum atomic E-state index is 11.8. The third-order valence-corrected chi connectivity index (χ3v) is 3.10. The summed E-state index contributed by atoms with van der Waals surface area (Å²) in [4.78, 5) is 14.2. The van der Waals surface area contributed by atoms with Crippen molar-refractivity contribution in [3.8, 4) is 0 Å². The molecule has 0 saturated carbocycles. The average Bonchev–Trinajstić information content (AvgIpc) is 2.83. The van der Waals surface area contributed by atoms with Crippen molar-refractivity contribution >= 4 is 5.91 Å². The second-order valence-corrected chi connectivity index (χ2v) is 4.71. The second-order valence-electron chi connectivity index (χ2n) is 4.71. The minimum atomic E-state index is -0.0768. The van der Waals surface area contributed by atoms with E-state index in [4.69, 9.17) is 0 Å². The summed E-state index contributed by atoms with van der Waals surface area (Å²) in [6, 6.07) is 1.85. The maximum Gasteiger partial charge on any atom is 0.269 e. The van der Waals surface area contributed by atoms with E-state index in [2.05, 4.69) is 20.4 Å². The SMILES string of the molecule is CC(CN1CCCCC1)NC(=O)c1ccn[nH]1. The lowest BCUT2D eigenvalue weighted by atomic mass is 10.1. The molecule has 5 heteroatoms. The monoisotopic (exact) mass is 236 g/mol. The van der Waals surface area contributed by atoms with Gasteiger partial charge in [0.2, 0.25) is 0 Å². The van der Waals surface area contributed by atoms with Crippen LogP contribution in [0.2, 0.25) is 0 Å². The molecule has 0 aromatic carbocycles. The first-order chi connectivity index (χ1) is 8.25. The summed E-state index contributed by atoms with van der Waals surface area (Å²) in [7, 11) is 0. The molecule has 5 nitrogen and oxygen atoms in total. The largest absolute Gasteiger partial charge is 0.347 e. The predicted molar refractivity (Wildman–Crippen MR) is 65.8 cm³/mol. The van der Waals surface area contributed by atoms with Crippen LogP contribution in [0.4, 0.5) is 0 Å². The Morgan fingerprint density at radius 2 is 2.29 bits per heavy atom. The van der Waals surface area contributed by atoms with Gasteiger partial charge < -0.3 is 10.2 Å². The lowest BCUT2D eigenvalue weighted by Crippen LogP contribution is -2.43. The molecule has 1 aliphatic rings. The van der Waals surface area contributed by atoms with E-state index in [-0.39, 0.29) is 11.9 Å². The topological polar surface area (TPSA) is 61.0 Å². The van der Waals surface area contributed by atoms with E-state index in [0.29, 0.717) is 5.69 Å². The van der Waals surface area contributed by atoms with Crippen LogP contribution in [0, 0.1) is 0 Å². The number of nitrogens with one attached hydrogen (secondary N) is 2. The number of likely N-dealkylation sites (tertiary alicyclic amines) is 1. The van der Waals surface area contributed by atoms with Gasteiger partial charge in [0.15, 0.2) is 0 Å². The number of piperidine rings is 1. The number of nitrogens with zero attached hydrogens (tertiary/aromatic N) is 2. The molecule has 1 saturated heterocycles. The summed E-state index contributed by atoms with van der Waals surface area (Å²) in [6.07, 6.45) is 5.48. The molecule has 2 rings (SSSR count). The molecule has 94 valence electrons. The third-order valence-electron chi connectivity index (χ3n) is 3.10. The third kappa shape index (κ3) is 3.56. The van der Waals surface area contributed by atoms with Crippen LogP contribution < -0.4 is 5.32 Å². The Bertz CT molecular complexity index is 343. The van der Waals surface area contributed by atoms with Crippen molar-refractivity contribution in [3.05, 3.63) is 18.0 Å². The van der Waals surface area contributed by atoms with E-state index in [1.807, 2.05) is 6.92 Å². The predicted octanol–water partition coefficient (Wildman–Crippen LogP) is 1.01. The number of hydrogen-bond donors (Lipinski definition) is 2. The molecule has 0 radical (unpaired) electrons. The quantitative estimate of drug-likeness (QED) is 0.820. The summed E-state index contributed by atoms with van der Waals surface area (Å²) in [5.41, 5.74) is 0.524. The molecule has 1 fully saturated rings. The Labute approximate surface area is 102 Å². The van der Waals surface area contributed by atoms with E-state index < -0.39 is 0 Å². The minimum absolute atomic E-state index is 0.0768. The molecule has 2 heterocycles. The van der Waals surface area contributed by atoms with Gasteiger partial charge in [0.1, 0.15) is 5.69 Å². The van der Waals surface area contributed by atoms with Crippen molar-refractivity contribution < 1.29 is 4.79 Å². The molecule has 1 unspecified atom stereocenters. The van der Waals surface area contributed by atoms with E-state index in [0.717, 1.165) is 19.6 Å². The summed E-state index contributed by atoms with van der Waals surface area (Å²) in [6.45, 7) is 5.29. The van der Waals surface area contributed by atoms with Crippen LogP contribution >= 0.6 is 0 Å². The number of carbonyl (C=O) groups excluding carboxylic acids is 1. The average molecular weight is 236 g/mol. The highest BCUT2D eigenvalue weighted by atomic mass is 16.2. The highest BCUT2D eigenvalue weighted by Gasteiger charge is 2.15. The standard InChI is InChI=1S/C12H20N4O/c1-10(9-16-7-3-2-4-8-16)14-12(17)11-5-6-13-15-11/h5-6,10H,2-4,7-9H2,1H3,(H,13,15)(H,14,17). The smallest absolute Gasteiger partial charge is 0.269 e. The lowest BCUT2D eigenvalue weighted by Gasteiger charge is -2.29. The van der Waals surface area contributed by atoms with Gasteiger partial charge in [0, 0.05) is 18.8 Å². The van der Waals surface area contributed by atoms with Crippen molar-refractivity contribution in [2.45, 2.75) is 32.2 Å². The van der Waals surface area contributed by atoms with Crippen LogP contribution in [0.5, 0.6) is 0 Å².